The Morgan fingerprint density at radius 1 is 1.35 bits per heavy atom. The maximum Gasteiger partial charge on any atom is 0.273 e. The molecule has 26 heavy (non-hydrogen) atoms. The van der Waals surface area contributed by atoms with Gasteiger partial charge in [-0.05, 0) is 26.0 Å². The summed E-state index contributed by atoms with van der Waals surface area (Å²) in [5.74, 6) is 1.32. The van der Waals surface area contributed by atoms with Gasteiger partial charge in [0.15, 0.2) is 12.3 Å². The monoisotopic (exact) mass is 373 g/mol. The molecule has 0 fully saturated rings. The average Bonchev–Trinajstić information content (AvgIpc) is 3.29. The Hall–Kier alpha value is -2.87. The minimum Gasteiger partial charge on any atom is -0.497 e. The van der Waals surface area contributed by atoms with E-state index < -0.39 is 0 Å². The molecule has 3 aromatic rings. The molecule has 1 atom stereocenters. The number of ether oxygens (including phenoxy) is 2. The number of aromatic nitrogens is 2. The number of carbonyl (C=O) groups excluding carboxylic acids is 1. The Morgan fingerprint density at radius 2 is 2.15 bits per heavy atom. The number of nitrogens with zero attached hydrogens (tertiary/aromatic N) is 2. The molecule has 2 aromatic heterocycles. The van der Waals surface area contributed by atoms with Crippen molar-refractivity contribution in [1.82, 2.24) is 15.3 Å². The first kappa shape index (κ1) is 17.9. The third-order valence-corrected chi connectivity index (χ3v) is 4.69. The molecule has 7 nitrogen and oxygen atoms in total. The van der Waals surface area contributed by atoms with Gasteiger partial charge in [0.1, 0.15) is 22.8 Å². The average molecular weight is 373 g/mol. The Bertz CT molecular complexity index is 890. The van der Waals surface area contributed by atoms with E-state index in [2.05, 4.69) is 15.3 Å². The molecule has 136 valence electrons. The number of thiazole rings is 1. The van der Waals surface area contributed by atoms with Crippen LogP contribution in [0.25, 0.3) is 0 Å². The van der Waals surface area contributed by atoms with Crippen molar-refractivity contribution in [3.8, 4) is 11.5 Å². The van der Waals surface area contributed by atoms with E-state index in [0.717, 1.165) is 10.7 Å². The molecule has 0 saturated heterocycles. The topological polar surface area (TPSA) is 86.5 Å². The first-order chi connectivity index (χ1) is 12.5. The molecule has 1 N–H and O–H groups in total. The Kier molecular flexibility index (Phi) is 5.52. The number of benzene rings is 1. The van der Waals surface area contributed by atoms with Gasteiger partial charge in [0.2, 0.25) is 5.89 Å². The first-order valence-corrected chi connectivity index (χ1v) is 8.87. The molecule has 1 aromatic carbocycles. The molecular weight excluding hydrogens is 354 g/mol. The SMILES string of the molecule is COc1cccc(OCc2nc(C(=O)N[C@@H](C)c3nc(C)cs3)co2)c1. The molecular formula is C18H19N3O4S. The largest absolute Gasteiger partial charge is 0.497 e. The van der Waals surface area contributed by atoms with Gasteiger partial charge in [-0.25, -0.2) is 9.97 Å². The van der Waals surface area contributed by atoms with Crippen LogP contribution in [0, 0.1) is 6.92 Å². The normalized spacial score (nSPS) is 11.8. The highest BCUT2D eigenvalue weighted by Gasteiger charge is 2.17. The zero-order valence-electron chi connectivity index (χ0n) is 14.7. The number of nitrogens with one attached hydrogen (secondary N) is 1. The highest BCUT2D eigenvalue weighted by Crippen LogP contribution is 2.20. The fourth-order valence-electron chi connectivity index (χ4n) is 2.22. The van der Waals surface area contributed by atoms with Crippen LogP contribution in [0.5, 0.6) is 11.5 Å². The lowest BCUT2D eigenvalue weighted by Gasteiger charge is -2.09. The van der Waals surface area contributed by atoms with E-state index in [-0.39, 0.29) is 24.2 Å². The zero-order chi connectivity index (χ0) is 18.5. The number of rotatable bonds is 7. The third-order valence-electron chi connectivity index (χ3n) is 3.54. The molecule has 1 amide bonds. The smallest absolute Gasteiger partial charge is 0.273 e. The van der Waals surface area contributed by atoms with Crippen molar-refractivity contribution in [3.05, 3.63) is 58.2 Å². The Labute approximate surface area is 155 Å². The van der Waals surface area contributed by atoms with Crippen molar-refractivity contribution in [2.24, 2.45) is 0 Å². The molecule has 0 aliphatic carbocycles. The van der Waals surface area contributed by atoms with Crippen molar-refractivity contribution in [2.45, 2.75) is 26.5 Å². The Balaban J connectivity index is 1.57. The van der Waals surface area contributed by atoms with Crippen molar-refractivity contribution in [1.29, 1.82) is 0 Å². The molecule has 3 rings (SSSR count). The molecule has 0 spiro atoms. The summed E-state index contributed by atoms with van der Waals surface area (Å²) < 4.78 is 16.1. The van der Waals surface area contributed by atoms with Crippen LogP contribution in [0.2, 0.25) is 0 Å². The van der Waals surface area contributed by atoms with Crippen molar-refractivity contribution < 1.29 is 18.7 Å². The van der Waals surface area contributed by atoms with Gasteiger partial charge in [-0.2, -0.15) is 0 Å². The van der Waals surface area contributed by atoms with Crippen molar-refractivity contribution in [2.75, 3.05) is 7.11 Å². The first-order valence-electron chi connectivity index (χ1n) is 7.99. The standard InChI is InChI=1S/C18H19N3O4S/c1-11-10-26-18(19-11)12(2)20-17(22)15-8-25-16(21-15)9-24-14-6-4-5-13(7-14)23-3/h4-8,10,12H,9H2,1-3H3,(H,20,22)/t12-/m0/s1. The van der Waals surface area contributed by atoms with E-state index in [0.29, 0.717) is 17.4 Å². The van der Waals surface area contributed by atoms with E-state index in [1.165, 1.54) is 17.6 Å². The van der Waals surface area contributed by atoms with Crippen LogP contribution < -0.4 is 14.8 Å². The van der Waals surface area contributed by atoms with Crippen LogP contribution in [-0.4, -0.2) is 23.0 Å². The number of methoxy groups -OCH3 is 1. The van der Waals surface area contributed by atoms with E-state index in [1.807, 2.05) is 31.4 Å². The number of carbonyl (C=O) groups is 1. The second-order valence-corrected chi connectivity index (χ2v) is 6.51. The summed E-state index contributed by atoms with van der Waals surface area (Å²) >= 11 is 1.51. The van der Waals surface area contributed by atoms with Gasteiger partial charge in [-0.15, -0.1) is 11.3 Å². The summed E-state index contributed by atoms with van der Waals surface area (Å²) in [6.45, 7) is 3.91. The van der Waals surface area contributed by atoms with Gasteiger partial charge in [0.25, 0.3) is 5.91 Å². The van der Waals surface area contributed by atoms with Gasteiger partial charge in [0.05, 0.1) is 13.2 Å². The number of hydrogen-bond acceptors (Lipinski definition) is 7. The number of oxazole rings is 1. The molecule has 0 unspecified atom stereocenters. The van der Waals surface area contributed by atoms with Crippen LogP contribution >= 0.6 is 11.3 Å². The summed E-state index contributed by atoms with van der Waals surface area (Å²) in [5.41, 5.74) is 1.14. The minimum atomic E-state index is -0.318. The van der Waals surface area contributed by atoms with Crippen LogP contribution in [0.15, 0.2) is 40.3 Å². The van der Waals surface area contributed by atoms with Crippen LogP contribution in [-0.2, 0) is 6.61 Å². The van der Waals surface area contributed by atoms with Gasteiger partial charge >= 0.3 is 0 Å². The van der Waals surface area contributed by atoms with E-state index >= 15 is 0 Å². The van der Waals surface area contributed by atoms with Gasteiger partial charge in [0, 0.05) is 17.1 Å². The molecule has 0 aliphatic rings. The predicted molar refractivity (Wildman–Crippen MR) is 96.6 cm³/mol. The molecule has 0 bridgehead atoms. The van der Waals surface area contributed by atoms with Crippen molar-refractivity contribution in [3.63, 3.8) is 0 Å². The molecule has 0 radical (unpaired) electrons. The van der Waals surface area contributed by atoms with Gasteiger partial charge in [-0.1, -0.05) is 6.07 Å². The summed E-state index contributed by atoms with van der Waals surface area (Å²) in [6.07, 6.45) is 1.32. The number of aryl methyl sites for hydroxylation is 1. The van der Waals surface area contributed by atoms with Gasteiger partial charge in [-0.3, -0.25) is 4.79 Å². The maximum atomic E-state index is 12.3. The highest BCUT2D eigenvalue weighted by atomic mass is 32.1. The molecule has 0 aliphatic heterocycles. The fourth-order valence-corrected chi connectivity index (χ4v) is 3.02. The second-order valence-electron chi connectivity index (χ2n) is 5.62. The summed E-state index contributed by atoms with van der Waals surface area (Å²) in [4.78, 5) is 20.8. The van der Waals surface area contributed by atoms with E-state index in [9.17, 15) is 4.79 Å². The highest BCUT2D eigenvalue weighted by molar-refractivity contribution is 7.09. The number of amides is 1. The Morgan fingerprint density at radius 3 is 2.88 bits per heavy atom. The van der Waals surface area contributed by atoms with Crippen molar-refractivity contribution >= 4 is 17.2 Å². The summed E-state index contributed by atoms with van der Waals surface area (Å²) in [6, 6.07) is 7.01. The zero-order valence-corrected chi connectivity index (χ0v) is 15.5. The second kappa shape index (κ2) is 8.01. The van der Waals surface area contributed by atoms with Crippen LogP contribution in [0.4, 0.5) is 0 Å². The summed E-state index contributed by atoms with van der Waals surface area (Å²) in [5, 5.41) is 5.65. The predicted octanol–water partition coefficient (Wildman–Crippen LogP) is 3.52. The maximum absolute atomic E-state index is 12.3. The van der Waals surface area contributed by atoms with E-state index in [1.54, 1.807) is 19.2 Å². The molecule has 2 heterocycles. The lowest BCUT2D eigenvalue weighted by molar-refractivity contribution is 0.0934. The number of hydrogen-bond donors (Lipinski definition) is 1. The lowest BCUT2D eigenvalue weighted by atomic mass is 10.3. The lowest BCUT2D eigenvalue weighted by Crippen LogP contribution is -2.26. The van der Waals surface area contributed by atoms with Crippen LogP contribution in [0.3, 0.4) is 0 Å². The minimum absolute atomic E-state index is 0.113. The fraction of sp³-hybridized carbons (Fsp3) is 0.278. The van der Waals surface area contributed by atoms with Crippen LogP contribution in [0.1, 0.15) is 40.0 Å². The molecule has 8 heteroatoms. The summed E-state index contributed by atoms with van der Waals surface area (Å²) in [7, 11) is 1.59. The molecule has 0 saturated carbocycles. The van der Waals surface area contributed by atoms with E-state index in [4.69, 9.17) is 13.9 Å². The quantitative estimate of drug-likeness (QED) is 0.682. The van der Waals surface area contributed by atoms with Gasteiger partial charge < -0.3 is 19.2 Å². The third kappa shape index (κ3) is 4.40.